The quantitative estimate of drug-likeness (QED) is 0.774. The average Bonchev–Trinajstić information content (AvgIpc) is 3.02. The Morgan fingerprint density at radius 2 is 1.87 bits per heavy atom. The number of benzene rings is 1. The molecular formula is C14H21N. The van der Waals surface area contributed by atoms with E-state index in [4.69, 9.17) is 0 Å². The Morgan fingerprint density at radius 1 is 1.20 bits per heavy atom. The van der Waals surface area contributed by atoms with E-state index in [-0.39, 0.29) is 0 Å². The van der Waals surface area contributed by atoms with Crippen molar-refractivity contribution in [3.63, 3.8) is 0 Å². The number of nitrogens with one attached hydrogen (secondary N) is 1. The SMILES string of the molecule is CC(C)c1ccc(CNCC2CC2)cc1. The van der Waals surface area contributed by atoms with Gasteiger partial charge in [-0.2, -0.15) is 0 Å². The fraction of sp³-hybridized carbons (Fsp3) is 0.571. The van der Waals surface area contributed by atoms with E-state index >= 15 is 0 Å². The molecule has 0 spiro atoms. The summed E-state index contributed by atoms with van der Waals surface area (Å²) in [4.78, 5) is 0. The lowest BCUT2D eigenvalue weighted by Gasteiger charge is -2.07. The molecule has 82 valence electrons. The molecule has 0 amide bonds. The Kier molecular flexibility index (Phi) is 3.42. The van der Waals surface area contributed by atoms with Crippen LogP contribution in [0.2, 0.25) is 0 Å². The van der Waals surface area contributed by atoms with E-state index in [9.17, 15) is 0 Å². The first-order valence-electron chi connectivity index (χ1n) is 6.05. The van der Waals surface area contributed by atoms with Crippen molar-refractivity contribution in [1.29, 1.82) is 0 Å². The summed E-state index contributed by atoms with van der Waals surface area (Å²) >= 11 is 0. The summed E-state index contributed by atoms with van der Waals surface area (Å²) in [5.74, 6) is 1.61. The van der Waals surface area contributed by atoms with Gasteiger partial charge in [0.2, 0.25) is 0 Å². The number of hydrogen-bond acceptors (Lipinski definition) is 1. The second-order valence-corrected chi connectivity index (χ2v) is 4.97. The minimum Gasteiger partial charge on any atom is -0.312 e. The van der Waals surface area contributed by atoms with Crippen LogP contribution in [0.25, 0.3) is 0 Å². The molecule has 1 saturated carbocycles. The van der Waals surface area contributed by atoms with Gasteiger partial charge in [-0.05, 0) is 42.3 Å². The van der Waals surface area contributed by atoms with Crippen molar-refractivity contribution >= 4 is 0 Å². The summed E-state index contributed by atoms with van der Waals surface area (Å²) in [6.45, 7) is 6.70. The van der Waals surface area contributed by atoms with E-state index in [2.05, 4.69) is 43.4 Å². The predicted octanol–water partition coefficient (Wildman–Crippen LogP) is 3.31. The second kappa shape index (κ2) is 4.80. The summed E-state index contributed by atoms with van der Waals surface area (Å²) in [6, 6.07) is 8.99. The van der Waals surface area contributed by atoms with Crippen LogP contribution in [0, 0.1) is 5.92 Å². The van der Waals surface area contributed by atoms with Crippen LogP contribution in [0.4, 0.5) is 0 Å². The maximum absolute atomic E-state index is 3.51. The monoisotopic (exact) mass is 203 g/mol. The number of hydrogen-bond donors (Lipinski definition) is 1. The molecule has 2 rings (SSSR count). The summed E-state index contributed by atoms with van der Waals surface area (Å²) in [6.07, 6.45) is 2.86. The van der Waals surface area contributed by atoms with E-state index < -0.39 is 0 Å². The van der Waals surface area contributed by atoms with Crippen molar-refractivity contribution in [2.24, 2.45) is 5.92 Å². The zero-order valence-electron chi connectivity index (χ0n) is 9.79. The standard InChI is InChI=1S/C14H21N/c1-11(2)14-7-5-13(6-8-14)10-15-9-12-3-4-12/h5-8,11-12,15H,3-4,9-10H2,1-2H3. The molecule has 0 unspecified atom stereocenters. The summed E-state index contributed by atoms with van der Waals surface area (Å²) in [5.41, 5.74) is 2.83. The van der Waals surface area contributed by atoms with Gasteiger partial charge >= 0.3 is 0 Å². The predicted molar refractivity (Wildman–Crippen MR) is 65.0 cm³/mol. The van der Waals surface area contributed by atoms with Gasteiger partial charge in [-0.15, -0.1) is 0 Å². The highest BCUT2D eigenvalue weighted by Crippen LogP contribution is 2.27. The van der Waals surface area contributed by atoms with Gasteiger partial charge in [0.25, 0.3) is 0 Å². The van der Waals surface area contributed by atoms with Crippen molar-refractivity contribution < 1.29 is 0 Å². The van der Waals surface area contributed by atoms with E-state index in [1.54, 1.807) is 0 Å². The molecule has 0 aliphatic heterocycles. The molecular weight excluding hydrogens is 182 g/mol. The third-order valence-corrected chi connectivity index (χ3v) is 3.11. The van der Waals surface area contributed by atoms with Crippen molar-refractivity contribution in [1.82, 2.24) is 5.32 Å². The smallest absolute Gasteiger partial charge is 0.0205 e. The summed E-state index contributed by atoms with van der Waals surface area (Å²) < 4.78 is 0. The molecule has 0 atom stereocenters. The zero-order chi connectivity index (χ0) is 10.7. The van der Waals surface area contributed by atoms with E-state index in [1.165, 1.54) is 30.5 Å². The van der Waals surface area contributed by atoms with Gasteiger partial charge in [0.1, 0.15) is 0 Å². The number of rotatable bonds is 5. The highest BCUT2D eigenvalue weighted by Gasteiger charge is 2.19. The van der Waals surface area contributed by atoms with Crippen LogP contribution in [-0.2, 0) is 6.54 Å². The summed E-state index contributed by atoms with van der Waals surface area (Å²) in [7, 11) is 0. The van der Waals surface area contributed by atoms with Crippen molar-refractivity contribution in [2.75, 3.05) is 6.54 Å². The Labute approximate surface area is 92.9 Å². The summed E-state index contributed by atoms with van der Waals surface area (Å²) in [5, 5.41) is 3.51. The lowest BCUT2D eigenvalue weighted by molar-refractivity contribution is 0.638. The average molecular weight is 203 g/mol. The van der Waals surface area contributed by atoms with Crippen LogP contribution < -0.4 is 5.32 Å². The molecule has 1 aromatic rings. The maximum Gasteiger partial charge on any atom is 0.0205 e. The fourth-order valence-corrected chi connectivity index (χ4v) is 1.76. The van der Waals surface area contributed by atoms with Gasteiger partial charge in [-0.25, -0.2) is 0 Å². The molecule has 0 bridgehead atoms. The van der Waals surface area contributed by atoms with Crippen LogP contribution >= 0.6 is 0 Å². The molecule has 1 aliphatic carbocycles. The molecule has 1 aliphatic rings. The topological polar surface area (TPSA) is 12.0 Å². The Bertz CT molecular complexity index is 296. The zero-order valence-corrected chi connectivity index (χ0v) is 9.79. The van der Waals surface area contributed by atoms with Crippen LogP contribution in [-0.4, -0.2) is 6.54 Å². The third kappa shape index (κ3) is 3.35. The van der Waals surface area contributed by atoms with E-state index in [1.807, 2.05) is 0 Å². The van der Waals surface area contributed by atoms with Crippen LogP contribution in [0.5, 0.6) is 0 Å². The molecule has 0 saturated heterocycles. The molecule has 1 N–H and O–H groups in total. The molecule has 1 aromatic carbocycles. The lowest BCUT2D eigenvalue weighted by atomic mass is 10.0. The fourth-order valence-electron chi connectivity index (χ4n) is 1.76. The Morgan fingerprint density at radius 3 is 2.40 bits per heavy atom. The first kappa shape index (κ1) is 10.7. The molecule has 0 radical (unpaired) electrons. The highest BCUT2D eigenvalue weighted by atomic mass is 14.9. The minimum absolute atomic E-state index is 0.637. The van der Waals surface area contributed by atoms with Crippen molar-refractivity contribution in [2.45, 2.75) is 39.2 Å². The van der Waals surface area contributed by atoms with Crippen molar-refractivity contribution in [3.8, 4) is 0 Å². The van der Waals surface area contributed by atoms with Gasteiger partial charge in [0.05, 0.1) is 0 Å². The minimum atomic E-state index is 0.637. The molecule has 15 heavy (non-hydrogen) atoms. The molecule has 0 aromatic heterocycles. The van der Waals surface area contributed by atoms with Gasteiger partial charge in [-0.1, -0.05) is 38.1 Å². The van der Waals surface area contributed by atoms with Crippen LogP contribution in [0.1, 0.15) is 43.7 Å². The van der Waals surface area contributed by atoms with Crippen LogP contribution in [0.3, 0.4) is 0 Å². The van der Waals surface area contributed by atoms with Gasteiger partial charge in [0.15, 0.2) is 0 Å². The third-order valence-electron chi connectivity index (χ3n) is 3.11. The van der Waals surface area contributed by atoms with Crippen LogP contribution in [0.15, 0.2) is 24.3 Å². The molecule has 1 heteroatoms. The first-order chi connectivity index (χ1) is 7.25. The van der Waals surface area contributed by atoms with Gasteiger partial charge < -0.3 is 5.32 Å². The molecule has 1 nitrogen and oxygen atoms in total. The van der Waals surface area contributed by atoms with E-state index in [0.29, 0.717) is 5.92 Å². The molecule has 0 heterocycles. The molecule has 1 fully saturated rings. The highest BCUT2D eigenvalue weighted by molar-refractivity contribution is 5.24. The maximum atomic E-state index is 3.51. The second-order valence-electron chi connectivity index (χ2n) is 4.97. The van der Waals surface area contributed by atoms with Gasteiger partial charge in [0, 0.05) is 6.54 Å². The first-order valence-corrected chi connectivity index (χ1v) is 6.05. The Hall–Kier alpha value is -0.820. The van der Waals surface area contributed by atoms with Gasteiger partial charge in [-0.3, -0.25) is 0 Å². The van der Waals surface area contributed by atoms with E-state index in [0.717, 1.165) is 12.5 Å². The normalized spacial score (nSPS) is 15.9. The Balaban J connectivity index is 1.80. The largest absolute Gasteiger partial charge is 0.312 e. The lowest BCUT2D eigenvalue weighted by Crippen LogP contribution is -2.15. The van der Waals surface area contributed by atoms with Crippen molar-refractivity contribution in [3.05, 3.63) is 35.4 Å².